The number of hydrogen-bond donors (Lipinski definition) is 2. The Morgan fingerprint density at radius 2 is 0.678 bits per heavy atom. The summed E-state index contributed by atoms with van der Waals surface area (Å²) in [7, 11) is 1.25. The van der Waals surface area contributed by atoms with Gasteiger partial charge in [-0.15, -0.1) is 0 Å². The largest absolute Gasteiger partial charge is 0.756 e. The Bertz CT molecular complexity index is 1600. The first-order valence-corrected chi connectivity index (χ1v) is 39.6. The van der Waals surface area contributed by atoms with Gasteiger partial charge in [0.15, 0.2) is 0 Å². The molecule has 2 N–H and O–H groups in total. The summed E-state index contributed by atoms with van der Waals surface area (Å²) in [6, 6.07) is -0.911. The molecular weight excluding hydrogens is 1090 g/mol. The van der Waals surface area contributed by atoms with Crippen LogP contribution in [-0.4, -0.2) is 68.5 Å². The van der Waals surface area contributed by atoms with Crippen LogP contribution >= 0.6 is 7.82 Å². The van der Waals surface area contributed by atoms with Crippen molar-refractivity contribution >= 4 is 13.7 Å². The maximum Gasteiger partial charge on any atom is 0.268 e. The van der Waals surface area contributed by atoms with Crippen molar-refractivity contribution in [3.63, 3.8) is 0 Å². The van der Waals surface area contributed by atoms with Gasteiger partial charge in [-0.25, -0.2) is 0 Å². The van der Waals surface area contributed by atoms with Crippen LogP contribution in [0.4, 0.5) is 0 Å². The van der Waals surface area contributed by atoms with Crippen molar-refractivity contribution in [3.8, 4) is 0 Å². The molecule has 0 spiro atoms. The first kappa shape index (κ1) is 85.2. The number of phosphoric acid groups is 1. The van der Waals surface area contributed by atoms with E-state index in [1.54, 1.807) is 6.08 Å². The smallest absolute Gasteiger partial charge is 0.268 e. The highest BCUT2D eigenvalue weighted by Crippen LogP contribution is 2.38. The van der Waals surface area contributed by atoms with Crippen molar-refractivity contribution in [3.05, 3.63) is 60.8 Å². The predicted octanol–water partition coefficient (Wildman–Crippen LogP) is 24.1. The van der Waals surface area contributed by atoms with E-state index >= 15 is 0 Å². The van der Waals surface area contributed by atoms with Gasteiger partial charge in [-0.05, 0) is 77.0 Å². The third-order valence-corrected chi connectivity index (χ3v) is 18.4. The molecule has 8 nitrogen and oxygen atoms in total. The second kappa shape index (κ2) is 68.6. The lowest BCUT2D eigenvalue weighted by Gasteiger charge is -2.29. The van der Waals surface area contributed by atoms with Crippen molar-refractivity contribution < 1.29 is 32.9 Å². The number of aliphatic hydroxyl groups is 1. The van der Waals surface area contributed by atoms with Gasteiger partial charge >= 0.3 is 0 Å². The summed E-state index contributed by atoms with van der Waals surface area (Å²) in [6.45, 7) is 4.66. The summed E-state index contributed by atoms with van der Waals surface area (Å²) in [6.07, 6.45) is 95.3. The zero-order chi connectivity index (χ0) is 63.4. The van der Waals surface area contributed by atoms with Gasteiger partial charge in [-0.2, -0.15) is 0 Å². The van der Waals surface area contributed by atoms with E-state index in [9.17, 15) is 19.4 Å². The van der Waals surface area contributed by atoms with Crippen molar-refractivity contribution in [1.82, 2.24) is 5.32 Å². The number of carbonyl (C=O) groups excluding carboxylic acids is 1. The molecule has 0 aromatic carbocycles. The van der Waals surface area contributed by atoms with E-state index < -0.39 is 26.6 Å². The fraction of sp³-hybridized carbons (Fsp3) is 0.859. The molecule has 3 unspecified atom stereocenters. The van der Waals surface area contributed by atoms with Crippen LogP contribution in [0.2, 0.25) is 0 Å². The highest BCUT2D eigenvalue weighted by Gasteiger charge is 2.23. The number of aliphatic hydroxyl groups excluding tert-OH is 1. The molecule has 0 saturated heterocycles. The van der Waals surface area contributed by atoms with E-state index in [0.717, 1.165) is 51.4 Å². The molecule has 0 fully saturated rings. The molecule has 9 heteroatoms. The number of rotatable bonds is 71. The molecule has 0 aliphatic rings. The van der Waals surface area contributed by atoms with Crippen LogP contribution in [-0.2, 0) is 18.4 Å². The summed E-state index contributed by atoms with van der Waals surface area (Å²) in [5.41, 5.74) is 0. The maximum atomic E-state index is 13.0. The molecule has 0 aliphatic carbocycles. The molecule has 87 heavy (non-hydrogen) atoms. The van der Waals surface area contributed by atoms with Gasteiger partial charge in [0.25, 0.3) is 7.82 Å². The second-order valence-corrected chi connectivity index (χ2v) is 28.7. The Hall–Kier alpha value is -1.80. The lowest BCUT2D eigenvalue weighted by Crippen LogP contribution is -2.45. The molecule has 3 atom stereocenters. The first-order chi connectivity index (χ1) is 42.5. The molecule has 0 heterocycles. The van der Waals surface area contributed by atoms with Gasteiger partial charge in [0.05, 0.1) is 39.9 Å². The minimum absolute atomic E-state index is 0.00817. The van der Waals surface area contributed by atoms with Crippen LogP contribution < -0.4 is 10.2 Å². The Morgan fingerprint density at radius 1 is 0.402 bits per heavy atom. The normalized spacial score (nSPS) is 13.9. The van der Waals surface area contributed by atoms with Gasteiger partial charge in [0, 0.05) is 6.42 Å². The van der Waals surface area contributed by atoms with E-state index in [0.29, 0.717) is 17.4 Å². The number of likely N-dealkylation sites (N-methyl/N-ethyl adjacent to an activating group) is 1. The summed E-state index contributed by atoms with van der Waals surface area (Å²) >= 11 is 0. The lowest BCUT2D eigenvalue weighted by atomic mass is 10.0. The van der Waals surface area contributed by atoms with Crippen LogP contribution in [0.3, 0.4) is 0 Å². The summed E-state index contributed by atoms with van der Waals surface area (Å²) in [5, 5.41) is 13.9. The zero-order valence-corrected chi connectivity index (χ0v) is 59.6. The molecule has 0 aromatic rings. The molecule has 1 amide bonds. The van der Waals surface area contributed by atoms with Crippen molar-refractivity contribution in [1.29, 1.82) is 0 Å². The number of nitrogens with zero attached hydrogens (tertiary/aromatic N) is 1. The maximum absolute atomic E-state index is 13.0. The standard InChI is InChI=1S/C78H149N2O6P/c1-6-8-10-12-14-16-18-20-22-24-26-28-30-32-33-34-35-36-37-38-39-40-41-42-43-44-45-46-47-48-50-52-54-56-58-60-62-64-66-68-70-72-78(82)79-76(75-86-87(83,84)85-74-73-80(3,4)5)77(81)71-69-67-65-63-61-59-57-55-53-51-49-31-29-27-25-23-21-19-17-15-13-11-9-7-2/h18,20,24,26,53,55,61,63,69,71,76-77,81H,6-17,19,21-23,25,27-52,54,56-60,62,64-68,70,72-75H2,1-5H3,(H-,79,82,83,84)/b20-18-,26-24-,55-53+,63-61+,71-69+. The second-order valence-electron chi connectivity index (χ2n) is 27.3. The minimum Gasteiger partial charge on any atom is -0.756 e. The fourth-order valence-electron chi connectivity index (χ4n) is 11.5. The van der Waals surface area contributed by atoms with Gasteiger partial charge in [-0.3, -0.25) is 9.36 Å². The third kappa shape index (κ3) is 71.5. The Labute approximate surface area is 542 Å². The van der Waals surface area contributed by atoms with Gasteiger partial charge in [0.2, 0.25) is 5.91 Å². The summed E-state index contributed by atoms with van der Waals surface area (Å²) < 4.78 is 23.5. The zero-order valence-electron chi connectivity index (χ0n) is 58.7. The van der Waals surface area contributed by atoms with Crippen LogP contribution in [0.5, 0.6) is 0 Å². The SMILES string of the molecule is CCCCCCC/C=C\C/C=C\CCCCCCCCCCCCCCCCCCCCCCCCCCCCCCCC(=O)NC(COP(=O)([O-])OCC[N+](C)(C)C)C(O)/C=C/CC/C=C/CC/C=C/CCCCCCCCCCCCCCCC. The van der Waals surface area contributed by atoms with Crippen molar-refractivity contribution in [2.45, 2.75) is 392 Å². The van der Waals surface area contributed by atoms with E-state index in [4.69, 9.17) is 9.05 Å². The average molecular weight is 1240 g/mol. The number of allylic oxidation sites excluding steroid dienone is 9. The number of quaternary nitrogens is 1. The molecule has 0 aliphatic heterocycles. The number of amides is 1. The van der Waals surface area contributed by atoms with Crippen LogP contribution in [0.25, 0.3) is 0 Å². The number of phosphoric ester groups is 1. The van der Waals surface area contributed by atoms with Crippen molar-refractivity contribution in [2.24, 2.45) is 0 Å². The quantitative estimate of drug-likeness (QED) is 0.0272. The Kier molecular flexibility index (Phi) is 67.1. The van der Waals surface area contributed by atoms with Crippen LogP contribution in [0, 0.1) is 0 Å². The molecule has 512 valence electrons. The van der Waals surface area contributed by atoms with E-state index in [1.807, 2.05) is 27.2 Å². The third-order valence-electron chi connectivity index (χ3n) is 17.4. The van der Waals surface area contributed by atoms with E-state index in [2.05, 4.69) is 67.8 Å². The number of unbranched alkanes of at least 4 members (excludes halogenated alkanes) is 50. The molecule has 0 radical (unpaired) electrons. The minimum atomic E-state index is -4.62. The highest BCUT2D eigenvalue weighted by molar-refractivity contribution is 7.45. The molecule has 0 aromatic heterocycles. The van der Waals surface area contributed by atoms with Gasteiger partial charge in [0.1, 0.15) is 13.2 Å². The monoisotopic (exact) mass is 1240 g/mol. The number of carbonyl (C=O) groups is 1. The summed E-state index contributed by atoms with van der Waals surface area (Å²) in [4.78, 5) is 25.6. The predicted molar refractivity (Wildman–Crippen MR) is 381 cm³/mol. The molecule has 0 rings (SSSR count). The first-order valence-electron chi connectivity index (χ1n) is 38.2. The van der Waals surface area contributed by atoms with Gasteiger partial charge < -0.3 is 28.8 Å². The Balaban J connectivity index is 3.95. The molecule has 0 saturated carbocycles. The molecule has 0 bridgehead atoms. The van der Waals surface area contributed by atoms with Crippen molar-refractivity contribution in [2.75, 3.05) is 40.9 Å². The van der Waals surface area contributed by atoms with Gasteiger partial charge in [-0.1, -0.05) is 357 Å². The number of hydrogen-bond acceptors (Lipinski definition) is 6. The fourth-order valence-corrected chi connectivity index (χ4v) is 12.2. The summed E-state index contributed by atoms with van der Waals surface area (Å²) in [5.74, 6) is -0.204. The van der Waals surface area contributed by atoms with Crippen LogP contribution in [0.1, 0.15) is 380 Å². The Morgan fingerprint density at radius 3 is 1.00 bits per heavy atom. The van der Waals surface area contributed by atoms with E-state index in [1.165, 1.54) is 308 Å². The van der Waals surface area contributed by atoms with Crippen LogP contribution in [0.15, 0.2) is 60.8 Å². The topological polar surface area (TPSA) is 108 Å². The highest BCUT2D eigenvalue weighted by atomic mass is 31.2. The average Bonchev–Trinajstić information content (AvgIpc) is 3.71. The number of nitrogens with one attached hydrogen (secondary N) is 1. The van der Waals surface area contributed by atoms with E-state index in [-0.39, 0.29) is 12.5 Å². The molecular formula is C78H149N2O6P. The lowest BCUT2D eigenvalue weighted by molar-refractivity contribution is -0.870.